The quantitative estimate of drug-likeness (QED) is 0.807. The molecule has 152 valence electrons. The normalized spacial score (nSPS) is 19.5. The molecule has 1 unspecified atom stereocenters. The van der Waals surface area contributed by atoms with Gasteiger partial charge in [0, 0.05) is 11.8 Å². The Balaban J connectivity index is 1.72. The first kappa shape index (κ1) is 19.9. The number of allylic oxidation sites excluding steroid dienone is 3. The number of fused-ring (bicyclic) bond motifs is 1. The van der Waals surface area contributed by atoms with Crippen molar-refractivity contribution in [3.8, 4) is 6.07 Å². The van der Waals surface area contributed by atoms with Crippen LogP contribution in [0.5, 0.6) is 0 Å². The van der Waals surface area contributed by atoms with E-state index in [4.69, 9.17) is 10.4 Å². The zero-order chi connectivity index (χ0) is 22.0. The zero-order valence-corrected chi connectivity index (χ0v) is 16.6. The molecule has 2 heterocycles. The molecule has 1 amide bonds. The Morgan fingerprint density at radius 3 is 2.42 bits per heavy atom. The van der Waals surface area contributed by atoms with Gasteiger partial charge < -0.3 is 10.4 Å². The monoisotopic (exact) mass is 410 g/mol. The summed E-state index contributed by atoms with van der Waals surface area (Å²) < 4.78 is 0. The van der Waals surface area contributed by atoms with Crippen molar-refractivity contribution in [1.29, 1.82) is 5.26 Å². The van der Waals surface area contributed by atoms with Crippen LogP contribution < -0.4 is 5.32 Å². The molecule has 0 spiro atoms. The van der Waals surface area contributed by atoms with Crippen molar-refractivity contribution in [2.24, 2.45) is 5.10 Å². The fraction of sp³-hybridized carbons (Fsp3) is 0.0833. The molecule has 2 N–H and O–H groups in total. The van der Waals surface area contributed by atoms with Gasteiger partial charge in [-0.1, -0.05) is 30.3 Å². The number of nitrogens with zero attached hydrogens (tertiary/aromatic N) is 3. The first-order chi connectivity index (χ1) is 14.9. The molecular formula is C24H18N4O3. The minimum atomic E-state index is -0.986. The number of rotatable bonds is 3. The van der Waals surface area contributed by atoms with Crippen LogP contribution >= 0.6 is 0 Å². The number of nitriles is 1. The molecule has 0 saturated carbocycles. The van der Waals surface area contributed by atoms with Crippen LogP contribution in [-0.2, 0) is 4.79 Å². The van der Waals surface area contributed by atoms with Gasteiger partial charge in [0.15, 0.2) is 0 Å². The van der Waals surface area contributed by atoms with Crippen molar-refractivity contribution in [3.63, 3.8) is 0 Å². The zero-order valence-electron chi connectivity index (χ0n) is 16.6. The molecular weight excluding hydrogens is 392 g/mol. The summed E-state index contributed by atoms with van der Waals surface area (Å²) in [4.78, 5) is 24.0. The van der Waals surface area contributed by atoms with E-state index in [0.29, 0.717) is 17.0 Å². The van der Waals surface area contributed by atoms with Gasteiger partial charge in [0.05, 0.1) is 22.9 Å². The molecule has 0 fully saturated rings. The minimum Gasteiger partial charge on any atom is -0.478 e. The number of benzene rings is 2. The highest BCUT2D eigenvalue weighted by Gasteiger charge is 2.28. The lowest BCUT2D eigenvalue weighted by molar-refractivity contribution is -0.128. The Hall–Kier alpha value is -4.44. The van der Waals surface area contributed by atoms with Gasteiger partial charge in [0.25, 0.3) is 5.91 Å². The maximum atomic E-state index is 12.8. The predicted molar refractivity (Wildman–Crippen MR) is 117 cm³/mol. The van der Waals surface area contributed by atoms with Gasteiger partial charge in [0.2, 0.25) is 0 Å². The first-order valence-corrected chi connectivity index (χ1v) is 9.55. The maximum absolute atomic E-state index is 12.8. The van der Waals surface area contributed by atoms with Crippen molar-refractivity contribution in [2.75, 3.05) is 0 Å². The topological polar surface area (TPSA) is 106 Å². The second kappa shape index (κ2) is 8.13. The number of nitrogens with one attached hydrogen (secondary N) is 1. The summed E-state index contributed by atoms with van der Waals surface area (Å²) in [5.41, 5.74) is 4.45. The van der Waals surface area contributed by atoms with E-state index in [-0.39, 0.29) is 11.5 Å². The molecule has 1 atom stereocenters. The van der Waals surface area contributed by atoms with E-state index in [1.54, 1.807) is 61.5 Å². The highest BCUT2D eigenvalue weighted by Crippen LogP contribution is 2.25. The standard InChI is InChI=1S/C24H18N4O3/c1-15-2-5-20(17-8-10-19(11-9-17)24(30)31)12-22-26-21(13-23(29)28(22)27-15)18-6-3-16(14-25)4-7-18/h2-13,22,26H,1H3,(H,30,31)/b5-2?,20-12-,27-15?. The van der Waals surface area contributed by atoms with E-state index in [1.165, 1.54) is 11.1 Å². The Labute approximate surface area is 178 Å². The van der Waals surface area contributed by atoms with Crippen molar-refractivity contribution in [2.45, 2.75) is 13.1 Å². The molecule has 0 bridgehead atoms. The van der Waals surface area contributed by atoms with Crippen LogP contribution in [0.4, 0.5) is 0 Å². The highest BCUT2D eigenvalue weighted by molar-refractivity contribution is 6.01. The van der Waals surface area contributed by atoms with Crippen LogP contribution in [-0.4, -0.2) is 33.9 Å². The molecule has 0 saturated heterocycles. The fourth-order valence-corrected chi connectivity index (χ4v) is 3.34. The van der Waals surface area contributed by atoms with Gasteiger partial charge >= 0.3 is 5.97 Å². The number of amides is 1. The van der Waals surface area contributed by atoms with Crippen LogP contribution in [0.1, 0.15) is 34.0 Å². The molecule has 31 heavy (non-hydrogen) atoms. The highest BCUT2D eigenvalue weighted by atomic mass is 16.4. The lowest BCUT2D eigenvalue weighted by atomic mass is 10.0. The van der Waals surface area contributed by atoms with Crippen LogP contribution in [0, 0.1) is 11.3 Å². The van der Waals surface area contributed by atoms with E-state index in [0.717, 1.165) is 16.7 Å². The Morgan fingerprint density at radius 1 is 1.10 bits per heavy atom. The number of aromatic carboxylic acids is 1. The average molecular weight is 410 g/mol. The average Bonchev–Trinajstić information content (AvgIpc) is 2.77. The molecule has 0 aliphatic carbocycles. The van der Waals surface area contributed by atoms with Crippen LogP contribution in [0.3, 0.4) is 0 Å². The predicted octanol–water partition coefficient (Wildman–Crippen LogP) is 3.38. The molecule has 7 nitrogen and oxygen atoms in total. The minimum absolute atomic E-state index is 0.204. The first-order valence-electron chi connectivity index (χ1n) is 9.55. The molecule has 2 aromatic rings. The third-order valence-electron chi connectivity index (χ3n) is 4.96. The number of carboxylic acids is 1. The third kappa shape index (κ3) is 4.14. The van der Waals surface area contributed by atoms with Crippen LogP contribution in [0.25, 0.3) is 11.3 Å². The van der Waals surface area contributed by atoms with E-state index in [1.807, 2.05) is 12.2 Å². The summed E-state index contributed by atoms with van der Waals surface area (Å²) in [6.07, 6.45) is 6.50. The fourth-order valence-electron chi connectivity index (χ4n) is 3.34. The molecule has 7 heteroatoms. The van der Waals surface area contributed by atoms with Crippen molar-refractivity contribution in [1.82, 2.24) is 10.3 Å². The molecule has 0 aromatic heterocycles. The van der Waals surface area contributed by atoms with Gasteiger partial charge in [0.1, 0.15) is 6.17 Å². The Bertz CT molecular complexity index is 1210. The van der Waals surface area contributed by atoms with Crippen LogP contribution in [0.2, 0.25) is 0 Å². The van der Waals surface area contributed by atoms with Crippen molar-refractivity contribution >= 4 is 28.9 Å². The van der Waals surface area contributed by atoms with Crippen LogP contribution in [0.15, 0.2) is 77.9 Å². The van der Waals surface area contributed by atoms with Gasteiger partial charge in [-0.3, -0.25) is 4.79 Å². The number of carbonyl (C=O) groups is 2. The number of carbonyl (C=O) groups excluding carboxylic acids is 1. The van der Waals surface area contributed by atoms with Gasteiger partial charge in [-0.05, 0) is 60.0 Å². The second-order valence-corrected chi connectivity index (χ2v) is 7.10. The molecule has 4 rings (SSSR count). The smallest absolute Gasteiger partial charge is 0.335 e. The van der Waals surface area contributed by atoms with Gasteiger partial charge in [-0.15, -0.1) is 0 Å². The molecule has 2 aliphatic rings. The Kier molecular flexibility index (Phi) is 5.21. The third-order valence-corrected chi connectivity index (χ3v) is 4.96. The number of carboxylic acid groups (broad SMARTS) is 1. The number of hydrogen-bond donors (Lipinski definition) is 2. The lowest BCUT2D eigenvalue weighted by Crippen LogP contribution is -2.47. The summed E-state index contributed by atoms with van der Waals surface area (Å²) in [5.74, 6) is -1.26. The van der Waals surface area contributed by atoms with E-state index >= 15 is 0 Å². The van der Waals surface area contributed by atoms with Gasteiger partial charge in [-0.25, -0.2) is 9.80 Å². The van der Waals surface area contributed by atoms with E-state index < -0.39 is 12.1 Å². The van der Waals surface area contributed by atoms with E-state index in [2.05, 4.69) is 16.5 Å². The number of hydrazone groups is 1. The summed E-state index contributed by atoms with van der Waals surface area (Å²) in [7, 11) is 0. The Morgan fingerprint density at radius 2 is 1.77 bits per heavy atom. The molecule has 0 radical (unpaired) electrons. The summed E-state index contributed by atoms with van der Waals surface area (Å²) in [5, 5.41) is 27.2. The van der Waals surface area contributed by atoms with E-state index in [9.17, 15) is 9.59 Å². The molecule has 2 aliphatic heterocycles. The SMILES string of the molecule is CC1=NN2C(=O)C=C(c3ccc(C#N)cc3)NC2/C=C(\c2ccc(C(=O)O)cc2)C=C1. The molecule has 2 aromatic carbocycles. The van der Waals surface area contributed by atoms with Crippen molar-refractivity contribution in [3.05, 3.63) is 95.1 Å². The summed E-state index contributed by atoms with van der Waals surface area (Å²) in [6.45, 7) is 1.80. The number of hydrogen-bond acceptors (Lipinski definition) is 5. The summed E-state index contributed by atoms with van der Waals surface area (Å²) >= 11 is 0. The lowest BCUT2D eigenvalue weighted by Gasteiger charge is -2.32. The van der Waals surface area contributed by atoms with Crippen molar-refractivity contribution < 1.29 is 14.7 Å². The van der Waals surface area contributed by atoms with Gasteiger partial charge in [-0.2, -0.15) is 10.4 Å². The summed E-state index contributed by atoms with van der Waals surface area (Å²) in [6, 6.07) is 15.6. The largest absolute Gasteiger partial charge is 0.478 e. The second-order valence-electron chi connectivity index (χ2n) is 7.10. The maximum Gasteiger partial charge on any atom is 0.335 e.